The standard InChI is InChI=1S/C12H17N3O4S/c1-8-2-3-9(20(13,17)18)6-10(8)15-12(16)11-7-14-4-5-19-11/h2-3,6,11,14H,4-5,7H2,1H3,(H,15,16)(H2,13,17,18). The van der Waals surface area contributed by atoms with E-state index >= 15 is 0 Å². The summed E-state index contributed by atoms with van der Waals surface area (Å²) in [7, 11) is -3.80. The van der Waals surface area contributed by atoms with Crippen molar-refractivity contribution in [1.29, 1.82) is 0 Å². The third-order valence-electron chi connectivity index (χ3n) is 3.02. The highest BCUT2D eigenvalue weighted by Crippen LogP contribution is 2.19. The lowest BCUT2D eigenvalue weighted by Gasteiger charge is -2.23. The van der Waals surface area contributed by atoms with Gasteiger partial charge in [0.1, 0.15) is 6.10 Å². The molecule has 1 aromatic carbocycles. The number of carbonyl (C=O) groups excluding carboxylic acids is 1. The predicted octanol–water partition coefficient (Wildman–Crippen LogP) is -0.431. The topological polar surface area (TPSA) is 111 Å². The van der Waals surface area contributed by atoms with Gasteiger partial charge >= 0.3 is 0 Å². The minimum atomic E-state index is -3.80. The van der Waals surface area contributed by atoms with Crippen molar-refractivity contribution in [2.45, 2.75) is 17.9 Å². The van der Waals surface area contributed by atoms with E-state index in [0.717, 1.165) is 5.56 Å². The summed E-state index contributed by atoms with van der Waals surface area (Å²) in [5, 5.41) is 10.8. The number of sulfonamides is 1. The molecule has 0 spiro atoms. The second kappa shape index (κ2) is 5.88. The third-order valence-corrected chi connectivity index (χ3v) is 3.93. The number of anilines is 1. The molecule has 1 fully saturated rings. The number of ether oxygens (including phenoxy) is 1. The Morgan fingerprint density at radius 2 is 2.25 bits per heavy atom. The number of benzene rings is 1. The van der Waals surface area contributed by atoms with Gasteiger partial charge in [-0.25, -0.2) is 13.6 Å². The minimum absolute atomic E-state index is 0.0407. The minimum Gasteiger partial charge on any atom is -0.366 e. The van der Waals surface area contributed by atoms with Crippen molar-refractivity contribution in [2.75, 3.05) is 25.0 Å². The van der Waals surface area contributed by atoms with Gasteiger partial charge in [-0.2, -0.15) is 0 Å². The van der Waals surface area contributed by atoms with E-state index in [4.69, 9.17) is 9.88 Å². The second-order valence-electron chi connectivity index (χ2n) is 4.57. The molecule has 0 aliphatic carbocycles. The van der Waals surface area contributed by atoms with Gasteiger partial charge in [-0.3, -0.25) is 4.79 Å². The molecule has 2 rings (SSSR count). The molecular formula is C12H17N3O4S. The molecule has 1 heterocycles. The summed E-state index contributed by atoms with van der Waals surface area (Å²) in [5.41, 5.74) is 1.16. The number of hydrogen-bond acceptors (Lipinski definition) is 5. The average Bonchev–Trinajstić information content (AvgIpc) is 2.41. The van der Waals surface area contributed by atoms with Gasteiger partial charge in [0.15, 0.2) is 0 Å². The second-order valence-corrected chi connectivity index (χ2v) is 6.14. The summed E-state index contributed by atoms with van der Waals surface area (Å²) in [4.78, 5) is 12.0. The predicted molar refractivity (Wildman–Crippen MR) is 73.8 cm³/mol. The number of nitrogens with one attached hydrogen (secondary N) is 2. The number of nitrogens with two attached hydrogens (primary N) is 1. The van der Waals surface area contributed by atoms with Gasteiger partial charge in [0, 0.05) is 18.8 Å². The zero-order valence-corrected chi connectivity index (χ0v) is 11.9. The van der Waals surface area contributed by atoms with Crippen LogP contribution in [0.1, 0.15) is 5.56 Å². The van der Waals surface area contributed by atoms with Crippen molar-refractivity contribution in [2.24, 2.45) is 5.14 Å². The Morgan fingerprint density at radius 1 is 1.50 bits per heavy atom. The largest absolute Gasteiger partial charge is 0.366 e. The maximum absolute atomic E-state index is 12.0. The molecule has 7 nitrogen and oxygen atoms in total. The van der Waals surface area contributed by atoms with E-state index in [1.807, 2.05) is 0 Å². The monoisotopic (exact) mass is 299 g/mol. The Morgan fingerprint density at radius 3 is 2.85 bits per heavy atom. The fraction of sp³-hybridized carbons (Fsp3) is 0.417. The highest BCUT2D eigenvalue weighted by Gasteiger charge is 2.22. The van der Waals surface area contributed by atoms with Crippen LogP contribution in [0.15, 0.2) is 23.1 Å². The normalized spacial score (nSPS) is 19.6. The summed E-state index contributed by atoms with van der Waals surface area (Å²) in [5.74, 6) is -0.313. The van der Waals surface area contributed by atoms with Crippen LogP contribution in [-0.2, 0) is 19.6 Å². The van der Waals surface area contributed by atoms with Crippen LogP contribution in [0.3, 0.4) is 0 Å². The Bertz CT molecular complexity index is 609. The van der Waals surface area contributed by atoms with Gasteiger partial charge in [-0.1, -0.05) is 6.07 Å². The van der Waals surface area contributed by atoms with Crippen molar-refractivity contribution in [3.63, 3.8) is 0 Å². The molecule has 1 unspecified atom stereocenters. The first-order valence-electron chi connectivity index (χ1n) is 6.14. The van der Waals surface area contributed by atoms with Gasteiger partial charge in [0.2, 0.25) is 10.0 Å². The van der Waals surface area contributed by atoms with Gasteiger partial charge < -0.3 is 15.4 Å². The molecule has 1 saturated heterocycles. The van der Waals surface area contributed by atoms with Crippen molar-refractivity contribution < 1.29 is 17.9 Å². The van der Waals surface area contributed by atoms with Crippen molar-refractivity contribution in [1.82, 2.24) is 5.32 Å². The Balaban J connectivity index is 2.18. The van der Waals surface area contributed by atoms with Crippen LogP contribution in [0.4, 0.5) is 5.69 Å². The number of hydrogen-bond donors (Lipinski definition) is 3. The molecule has 0 aromatic heterocycles. The summed E-state index contributed by atoms with van der Waals surface area (Å²) < 4.78 is 28.0. The van der Waals surface area contributed by atoms with Crippen LogP contribution >= 0.6 is 0 Å². The highest BCUT2D eigenvalue weighted by atomic mass is 32.2. The maximum atomic E-state index is 12.0. The van der Waals surface area contributed by atoms with Crippen molar-refractivity contribution in [3.8, 4) is 0 Å². The van der Waals surface area contributed by atoms with Gasteiger partial charge in [0.05, 0.1) is 11.5 Å². The molecule has 1 amide bonds. The molecule has 8 heteroatoms. The molecule has 1 aliphatic rings. The fourth-order valence-electron chi connectivity index (χ4n) is 1.86. The number of rotatable bonds is 3. The van der Waals surface area contributed by atoms with Crippen LogP contribution in [0.5, 0.6) is 0 Å². The lowest BCUT2D eigenvalue weighted by molar-refractivity contribution is -0.128. The molecule has 1 atom stereocenters. The van der Waals surface area contributed by atoms with Crippen molar-refractivity contribution in [3.05, 3.63) is 23.8 Å². The Kier molecular flexibility index (Phi) is 4.39. The van der Waals surface area contributed by atoms with Crippen LogP contribution in [0, 0.1) is 6.92 Å². The van der Waals surface area contributed by atoms with Crippen LogP contribution < -0.4 is 15.8 Å². The van der Waals surface area contributed by atoms with E-state index in [9.17, 15) is 13.2 Å². The number of amides is 1. The van der Waals surface area contributed by atoms with E-state index in [2.05, 4.69) is 10.6 Å². The van der Waals surface area contributed by atoms with E-state index < -0.39 is 16.1 Å². The van der Waals surface area contributed by atoms with Crippen LogP contribution in [0.25, 0.3) is 0 Å². The quantitative estimate of drug-likeness (QED) is 0.701. The Labute approximate surface area is 117 Å². The first kappa shape index (κ1) is 14.9. The smallest absolute Gasteiger partial charge is 0.254 e. The van der Waals surface area contributed by atoms with Crippen LogP contribution in [-0.4, -0.2) is 40.1 Å². The molecule has 1 aromatic rings. The third kappa shape index (κ3) is 3.54. The molecule has 1 aliphatic heterocycles. The summed E-state index contributed by atoms with van der Waals surface area (Å²) in [6, 6.07) is 4.34. The van der Waals surface area contributed by atoms with Gasteiger partial charge in [-0.15, -0.1) is 0 Å². The summed E-state index contributed by atoms with van der Waals surface area (Å²) in [6.07, 6.45) is -0.582. The zero-order valence-electron chi connectivity index (χ0n) is 11.0. The summed E-state index contributed by atoms with van der Waals surface area (Å²) in [6.45, 7) is 3.38. The zero-order chi connectivity index (χ0) is 14.8. The van der Waals surface area contributed by atoms with E-state index in [1.165, 1.54) is 12.1 Å². The first-order valence-corrected chi connectivity index (χ1v) is 7.69. The number of carbonyl (C=O) groups is 1. The van der Waals surface area contributed by atoms with Gasteiger partial charge in [0.25, 0.3) is 5.91 Å². The SMILES string of the molecule is Cc1ccc(S(N)(=O)=O)cc1NC(=O)C1CNCCO1. The molecule has 110 valence electrons. The molecular weight excluding hydrogens is 282 g/mol. The first-order chi connectivity index (χ1) is 9.38. The maximum Gasteiger partial charge on any atom is 0.254 e. The lowest BCUT2D eigenvalue weighted by Crippen LogP contribution is -2.45. The molecule has 0 bridgehead atoms. The molecule has 20 heavy (non-hydrogen) atoms. The van der Waals surface area contributed by atoms with Crippen LogP contribution in [0.2, 0.25) is 0 Å². The average molecular weight is 299 g/mol. The molecule has 4 N–H and O–H groups in total. The van der Waals surface area contributed by atoms with E-state index in [-0.39, 0.29) is 10.8 Å². The van der Waals surface area contributed by atoms with Gasteiger partial charge in [-0.05, 0) is 24.6 Å². The van der Waals surface area contributed by atoms with E-state index in [1.54, 1.807) is 13.0 Å². The number of morpholine rings is 1. The lowest BCUT2D eigenvalue weighted by atomic mass is 10.2. The fourth-order valence-corrected chi connectivity index (χ4v) is 2.40. The molecule has 0 radical (unpaired) electrons. The highest BCUT2D eigenvalue weighted by molar-refractivity contribution is 7.89. The Hall–Kier alpha value is -1.48. The van der Waals surface area contributed by atoms with Crippen molar-refractivity contribution >= 4 is 21.6 Å². The summed E-state index contributed by atoms with van der Waals surface area (Å²) >= 11 is 0. The number of aryl methyl sites for hydroxylation is 1. The molecule has 0 saturated carbocycles. The van der Waals surface area contributed by atoms with E-state index in [0.29, 0.717) is 25.4 Å². The number of primary sulfonamides is 1.